The Kier molecular flexibility index (Phi) is 10.8. The predicted octanol–water partition coefficient (Wildman–Crippen LogP) is 4.55. The Morgan fingerprint density at radius 3 is 2.69 bits per heavy atom. The van der Waals surface area contributed by atoms with Crippen LogP contribution in [0.2, 0.25) is 0 Å². The molecule has 2 fully saturated rings. The number of carbonyl (C=O) groups is 2. The Morgan fingerprint density at radius 2 is 2.00 bits per heavy atom. The number of thiazole rings is 1. The Balaban J connectivity index is 1.07. The molecule has 3 atom stereocenters. The molecule has 1 aromatic carbocycles. The summed E-state index contributed by atoms with van der Waals surface area (Å²) in [7, 11) is 0. The molecule has 2 heterocycles. The number of allylic oxidation sites excluding steroid dienone is 3. The second-order valence-corrected chi connectivity index (χ2v) is 12.8. The molecule has 45 heavy (non-hydrogen) atoms. The SMILES string of the molecule is C=N/C(=C\C(C)=C/C)C(=O)NC[C@H](C)NC1CC(C(=O)Nc2nc3ccc(-c4cnc(CO[C@H]5CCC[C@@H]5O)nc4)cc3s2)C1. The van der Waals surface area contributed by atoms with Crippen molar-refractivity contribution >= 4 is 45.2 Å². The Morgan fingerprint density at radius 1 is 1.22 bits per heavy atom. The van der Waals surface area contributed by atoms with Gasteiger partial charge in [0.25, 0.3) is 5.91 Å². The first-order valence-corrected chi connectivity index (χ1v) is 16.2. The van der Waals surface area contributed by atoms with E-state index in [-0.39, 0.29) is 48.2 Å². The third-order valence-corrected chi connectivity index (χ3v) is 9.26. The first kappa shape index (κ1) is 32.6. The van der Waals surface area contributed by atoms with Crippen LogP contribution in [0.3, 0.4) is 0 Å². The molecule has 0 unspecified atom stereocenters. The highest BCUT2D eigenvalue weighted by atomic mass is 32.1. The number of hydrogen-bond acceptors (Lipinski definition) is 10. The summed E-state index contributed by atoms with van der Waals surface area (Å²) in [4.78, 5) is 42.7. The smallest absolute Gasteiger partial charge is 0.269 e. The number of nitrogens with one attached hydrogen (secondary N) is 3. The molecule has 238 valence electrons. The number of anilines is 1. The molecule has 2 aliphatic rings. The van der Waals surface area contributed by atoms with Crippen molar-refractivity contribution in [2.45, 2.75) is 83.8 Å². The normalized spacial score (nSPS) is 22.6. The highest BCUT2D eigenvalue weighted by molar-refractivity contribution is 7.22. The van der Waals surface area contributed by atoms with Gasteiger partial charge in [-0.25, -0.2) is 15.0 Å². The quantitative estimate of drug-likeness (QED) is 0.122. The lowest BCUT2D eigenvalue weighted by Gasteiger charge is -2.36. The van der Waals surface area contributed by atoms with Gasteiger partial charge in [-0.2, -0.15) is 0 Å². The molecule has 2 saturated carbocycles. The molecule has 0 aliphatic heterocycles. The van der Waals surface area contributed by atoms with Crippen molar-refractivity contribution in [3.63, 3.8) is 0 Å². The lowest BCUT2D eigenvalue weighted by atomic mass is 9.79. The van der Waals surface area contributed by atoms with Crippen LogP contribution in [-0.4, -0.2) is 69.4 Å². The average Bonchev–Trinajstić information content (AvgIpc) is 3.63. The summed E-state index contributed by atoms with van der Waals surface area (Å²) < 4.78 is 6.75. The summed E-state index contributed by atoms with van der Waals surface area (Å²) in [6.07, 6.45) is 10.7. The Hall–Kier alpha value is -3.84. The average molecular weight is 632 g/mol. The van der Waals surface area contributed by atoms with Crippen LogP contribution in [0.15, 0.2) is 59.0 Å². The molecule has 12 heteroatoms. The molecular weight excluding hydrogens is 590 g/mol. The zero-order valence-electron chi connectivity index (χ0n) is 26.0. The van der Waals surface area contributed by atoms with E-state index in [0.717, 1.165) is 59.0 Å². The van der Waals surface area contributed by atoms with Crippen LogP contribution >= 0.6 is 11.3 Å². The van der Waals surface area contributed by atoms with Gasteiger partial charge in [0.2, 0.25) is 5.91 Å². The molecule has 11 nitrogen and oxygen atoms in total. The van der Waals surface area contributed by atoms with Gasteiger partial charge in [0.1, 0.15) is 12.3 Å². The highest BCUT2D eigenvalue weighted by Crippen LogP contribution is 2.33. The van der Waals surface area contributed by atoms with Crippen LogP contribution in [0.5, 0.6) is 0 Å². The Bertz CT molecular complexity index is 1580. The van der Waals surface area contributed by atoms with Gasteiger partial charge in [-0.3, -0.25) is 14.6 Å². The number of benzene rings is 1. The van der Waals surface area contributed by atoms with E-state index in [9.17, 15) is 14.7 Å². The minimum Gasteiger partial charge on any atom is -0.390 e. The molecule has 2 aromatic heterocycles. The van der Waals surface area contributed by atoms with Crippen molar-refractivity contribution < 1.29 is 19.4 Å². The fraction of sp³-hybridized carbons (Fsp3) is 0.455. The van der Waals surface area contributed by atoms with E-state index < -0.39 is 6.10 Å². The molecule has 0 bridgehead atoms. The van der Waals surface area contributed by atoms with E-state index in [2.05, 4.69) is 42.6 Å². The van der Waals surface area contributed by atoms with Crippen molar-refractivity contribution in [1.82, 2.24) is 25.6 Å². The minimum atomic E-state index is -0.404. The molecule has 0 spiro atoms. The lowest BCUT2D eigenvalue weighted by Crippen LogP contribution is -2.51. The number of fused-ring (bicyclic) bond motifs is 1. The maximum absolute atomic E-state index is 12.9. The van der Waals surface area contributed by atoms with Crippen molar-refractivity contribution in [1.29, 1.82) is 0 Å². The number of rotatable bonds is 13. The van der Waals surface area contributed by atoms with Crippen molar-refractivity contribution in [3.05, 3.63) is 59.8 Å². The number of nitrogens with zero attached hydrogens (tertiary/aromatic N) is 4. The van der Waals surface area contributed by atoms with Crippen molar-refractivity contribution in [3.8, 4) is 11.1 Å². The van der Waals surface area contributed by atoms with Gasteiger partial charge in [0.15, 0.2) is 11.0 Å². The number of amides is 2. The fourth-order valence-electron chi connectivity index (χ4n) is 5.47. The first-order chi connectivity index (χ1) is 21.7. The van der Waals surface area contributed by atoms with Crippen LogP contribution in [0.4, 0.5) is 5.13 Å². The highest BCUT2D eigenvalue weighted by Gasteiger charge is 2.35. The number of aromatic nitrogens is 3. The van der Waals surface area contributed by atoms with Crippen LogP contribution in [0.25, 0.3) is 21.3 Å². The monoisotopic (exact) mass is 631 g/mol. The third kappa shape index (κ3) is 8.46. The van der Waals surface area contributed by atoms with Gasteiger partial charge < -0.3 is 25.8 Å². The van der Waals surface area contributed by atoms with Gasteiger partial charge in [-0.1, -0.05) is 29.1 Å². The number of aliphatic hydroxyl groups is 1. The van der Waals surface area contributed by atoms with Gasteiger partial charge in [-0.15, -0.1) is 0 Å². The van der Waals surface area contributed by atoms with Gasteiger partial charge >= 0.3 is 0 Å². The second-order valence-electron chi connectivity index (χ2n) is 11.8. The van der Waals surface area contributed by atoms with Crippen LogP contribution < -0.4 is 16.0 Å². The summed E-state index contributed by atoms with van der Waals surface area (Å²) >= 11 is 1.44. The number of hydrogen-bond donors (Lipinski definition) is 4. The molecule has 5 rings (SSSR count). The first-order valence-electron chi connectivity index (χ1n) is 15.4. The summed E-state index contributed by atoms with van der Waals surface area (Å²) in [5.41, 5.74) is 3.88. The van der Waals surface area contributed by atoms with Gasteiger partial charge in [-0.05, 0) is 83.4 Å². The molecule has 0 radical (unpaired) electrons. The van der Waals surface area contributed by atoms with E-state index >= 15 is 0 Å². The molecule has 2 amide bonds. The van der Waals surface area contributed by atoms with E-state index in [1.165, 1.54) is 11.3 Å². The van der Waals surface area contributed by atoms with E-state index in [1.807, 2.05) is 45.0 Å². The number of ether oxygens (including phenoxy) is 1. The van der Waals surface area contributed by atoms with Gasteiger partial charge in [0, 0.05) is 42.5 Å². The zero-order valence-corrected chi connectivity index (χ0v) is 26.8. The number of carbonyl (C=O) groups excluding carboxylic acids is 2. The van der Waals surface area contributed by atoms with Crippen molar-refractivity contribution in [2.75, 3.05) is 11.9 Å². The molecule has 0 saturated heterocycles. The maximum atomic E-state index is 12.9. The largest absolute Gasteiger partial charge is 0.390 e. The van der Waals surface area contributed by atoms with Crippen molar-refractivity contribution in [2.24, 2.45) is 10.9 Å². The second kappa shape index (κ2) is 15.0. The topological polar surface area (TPSA) is 151 Å². The van der Waals surface area contributed by atoms with Crippen LogP contribution in [0.1, 0.15) is 58.7 Å². The number of aliphatic imine (C=N–C) groups is 1. The molecule has 3 aromatic rings. The van der Waals surface area contributed by atoms with Crippen LogP contribution in [0, 0.1) is 5.92 Å². The maximum Gasteiger partial charge on any atom is 0.269 e. The van der Waals surface area contributed by atoms with E-state index in [1.54, 1.807) is 18.5 Å². The third-order valence-electron chi connectivity index (χ3n) is 8.32. The van der Waals surface area contributed by atoms with E-state index in [4.69, 9.17) is 4.74 Å². The molecule has 4 N–H and O–H groups in total. The molecular formula is C33H41N7O4S. The summed E-state index contributed by atoms with van der Waals surface area (Å²) in [5, 5.41) is 19.9. The summed E-state index contributed by atoms with van der Waals surface area (Å²) in [6, 6.07) is 6.18. The fourth-order valence-corrected chi connectivity index (χ4v) is 6.38. The minimum absolute atomic E-state index is 0.0317. The van der Waals surface area contributed by atoms with Gasteiger partial charge in [0.05, 0.1) is 22.4 Å². The standard InChI is InChI=1S/C33H41N7O4S/c1-5-19(2)11-26(34-4)32(43)37-15-20(3)38-24-12-22(13-24)31(42)40-33-39-25-10-9-21(14-29(25)45-33)23-16-35-30(36-17-23)18-44-28-8-6-7-27(28)41/h5,9-11,14,16-17,20,22,24,27-28,38,41H,4,6-8,12-13,15,18H2,1-3H3,(H,37,43)(H,39,40,42)/b19-5-,26-11-/t20-,22?,24?,27-,28-/m0/s1. The number of aliphatic hydroxyl groups excluding tert-OH is 1. The lowest BCUT2D eigenvalue weighted by molar-refractivity contribution is -0.123. The summed E-state index contributed by atoms with van der Waals surface area (Å²) in [6.45, 7) is 10.0. The molecule has 2 aliphatic carbocycles. The summed E-state index contributed by atoms with van der Waals surface area (Å²) in [5.74, 6) is 0.198. The predicted molar refractivity (Wildman–Crippen MR) is 177 cm³/mol. The Labute approximate surface area is 267 Å². The van der Waals surface area contributed by atoms with E-state index in [0.29, 0.717) is 17.5 Å². The van der Waals surface area contributed by atoms with Crippen LogP contribution in [-0.2, 0) is 20.9 Å². The zero-order chi connectivity index (χ0) is 31.9.